The molecule has 1 saturated carbocycles. The van der Waals surface area contributed by atoms with E-state index in [9.17, 15) is 0 Å². The van der Waals surface area contributed by atoms with Crippen molar-refractivity contribution in [3.8, 4) is 0 Å². The van der Waals surface area contributed by atoms with Gasteiger partial charge in [0.1, 0.15) is 10.8 Å². The van der Waals surface area contributed by atoms with Gasteiger partial charge in [0.05, 0.1) is 16.2 Å². The summed E-state index contributed by atoms with van der Waals surface area (Å²) >= 11 is 13.7. The van der Waals surface area contributed by atoms with Crippen molar-refractivity contribution >= 4 is 46.6 Å². The Bertz CT molecular complexity index is 831. The van der Waals surface area contributed by atoms with Crippen LogP contribution >= 0.6 is 35.0 Å². The van der Waals surface area contributed by atoms with Gasteiger partial charge in [-0.2, -0.15) is 0 Å². The van der Waals surface area contributed by atoms with Gasteiger partial charge in [0.25, 0.3) is 0 Å². The van der Waals surface area contributed by atoms with Crippen molar-refractivity contribution in [2.45, 2.75) is 30.2 Å². The Morgan fingerprint density at radius 2 is 2.20 bits per heavy atom. The highest BCUT2D eigenvalue weighted by atomic mass is 35.5. The maximum Gasteiger partial charge on any atom is 0.158 e. The molecule has 0 radical (unpaired) electrons. The molecule has 1 aromatic carbocycles. The number of piperidine rings is 1. The fraction of sp³-hybridized carbons (Fsp3) is 0.444. The molecule has 3 atom stereocenters. The highest BCUT2D eigenvalue weighted by Gasteiger charge is 2.64. The van der Waals surface area contributed by atoms with Crippen LogP contribution in [0.15, 0.2) is 34.3 Å². The van der Waals surface area contributed by atoms with Crippen LogP contribution in [0.25, 0.3) is 0 Å². The van der Waals surface area contributed by atoms with Gasteiger partial charge in [0, 0.05) is 18.0 Å². The van der Waals surface area contributed by atoms with E-state index in [1.165, 1.54) is 18.2 Å². The molecule has 2 aromatic rings. The molecule has 1 aromatic heterocycles. The second-order valence-corrected chi connectivity index (χ2v) is 8.90. The minimum Gasteiger partial charge on any atom is -0.381 e. The van der Waals surface area contributed by atoms with Crippen LogP contribution in [-0.4, -0.2) is 23.1 Å². The van der Waals surface area contributed by atoms with Gasteiger partial charge in [-0.1, -0.05) is 61.3 Å². The van der Waals surface area contributed by atoms with Gasteiger partial charge in [0.2, 0.25) is 0 Å². The first kappa shape index (κ1) is 17.3. The minimum atomic E-state index is 0.427. The van der Waals surface area contributed by atoms with E-state index in [1.807, 2.05) is 18.3 Å². The number of fused-ring (bicyclic) bond motifs is 1. The van der Waals surface area contributed by atoms with Crippen LogP contribution in [0.2, 0.25) is 10.0 Å². The highest BCUT2D eigenvalue weighted by Crippen LogP contribution is 2.64. The molecule has 2 aliphatic rings. The Hall–Kier alpha value is -1.17. The van der Waals surface area contributed by atoms with Crippen molar-refractivity contribution < 1.29 is 0 Å². The zero-order valence-electron chi connectivity index (χ0n) is 14.2. The molecule has 4 nitrogen and oxygen atoms in total. The van der Waals surface area contributed by atoms with E-state index < -0.39 is 0 Å². The number of anilines is 2. The third-order valence-corrected chi connectivity index (χ3v) is 7.66. The maximum atomic E-state index is 6.24. The van der Waals surface area contributed by atoms with Crippen molar-refractivity contribution in [2.24, 2.45) is 17.3 Å². The van der Waals surface area contributed by atoms with Gasteiger partial charge >= 0.3 is 0 Å². The lowest BCUT2D eigenvalue weighted by Crippen LogP contribution is -2.27. The third-order valence-electron chi connectivity index (χ3n) is 5.66. The Balaban J connectivity index is 1.51. The molecule has 0 amide bonds. The van der Waals surface area contributed by atoms with Gasteiger partial charge in [-0.3, -0.25) is 0 Å². The lowest BCUT2D eigenvalue weighted by atomic mass is 10.1. The zero-order chi connectivity index (χ0) is 17.8. The first-order valence-electron chi connectivity index (χ1n) is 8.43. The Labute approximate surface area is 162 Å². The van der Waals surface area contributed by atoms with Gasteiger partial charge < -0.3 is 10.6 Å². The van der Waals surface area contributed by atoms with Gasteiger partial charge in [0.15, 0.2) is 5.82 Å². The van der Waals surface area contributed by atoms with Crippen LogP contribution in [0.5, 0.6) is 0 Å². The molecule has 25 heavy (non-hydrogen) atoms. The quantitative estimate of drug-likeness (QED) is 0.790. The van der Waals surface area contributed by atoms with E-state index in [2.05, 4.69) is 28.7 Å². The predicted molar refractivity (Wildman–Crippen MR) is 105 cm³/mol. The molecular formula is C18H20Cl2N4S. The number of nitrogens with zero attached hydrogens (tertiary/aromatic N) is 3. The van der Waals surface area contributed by atoms with Crippen LogP contribution in [0.3, 0.4) is 0 Å². The maximum absolute atomic E-state index is 6.24. The molecule has 132 valence electrons. The summed E-state index contributed by atoms with van der Waals surface area (Å²) in [4.78, 5) is 12.2. The van der Waals surface area contributed by atoms with E-state index in [0.717, 1.165) is 35.6 Å². The van der Waals surface area contributed by atoms with Crippen LogP contribution in [0.4, 0.5) is 11.6 Å². The SMILES string of the molecule is CCC1C2CN(c3cnc(Sc4cccc(Cl)c4Cl)c(N)n3)CC12C. The first-order chi connectivity index (χ1) is 11.9. The number of nitrogen functional groups attached to an aromatic ring is 1. The molecule has 2 fully saturated rings. The second kappa shape index (κ2) is 6.22. The fourth-order valence-corrected chi connectivity index (χ4v) is 5.54. The normalized spacial score (nSPS) is 27.4. The average Bonchev–Trinajstić information content (AvgIpc) is 2.97. The summed E-state index contributed by atoms with van der Waals surface area (Å²) in [6, 6.07) is 5.51. The molecule has 0 spiro atoms. The standard InChI is InChI=1S/C18H20Cl2N4S/c1-3-10-11-8-24(9-18(10,11)2)14-7-22-17(16(21)23-14)25-13-6-4-5-12(19)15(13)20/h4-7,10-11H,3,8-9H2,1-2H3,(H2,21,23). The van der Waals surface area contributed by atoms with Crippen molar-refractivity contribution in [1.29, 1.82) is 0 Å². The summed E-state index contributed by atoms with van der Waals surface area (Å²) in [5, 5.41) is 1.68. The summed E-state index contributed by atoms with van der Waals surface area (Å²) in [5.74, 6) is 2.92. The molecule has 3 unspecified atom stereocenters. The lowest BCUT2D eigenvalue weighted by Gasteiger charge is -2.23. The number of nitrogens with two attached hydrogens (primary N) is 1. The van der Waals surface area contributed by atoms with Gasteiger partial charge in [-0.05, 0) is 29.4 Å². The van der Waals surface area contributed by atoms with E-state index >= 15 is 0 Å². The molecule has 1 aliphatic heterocycles. The monoisotopic (exact) mass is 394 g/mol. The molecule has 2 N–H and O–H groups in total. The van der Waals surface area contributed by atoms with Crippen molar-refractivity contribution in [2.75, 3.05) is 23.7 Å². The number of benzene rings is 1. The first-order valence-corrected chi connectivity index (χ1v) is 10.0. The van der Waals surface area contributed by atoms with E-state index in [0.29, 0.717) is 26.3 Å². The van der Waals surface area contributed by atoms with Gasteiger partial charge in [-0.15, -0.1) is 0 Å². The summed E-state index contributed by atoms with van der Waals surface area (Å²) in [6.45, 7) is 6.75. The topological polar surface area (TPSA) is 55.0 Å². The minimum absolute atomic E-state index is 0.427. The fourth-order valence-electron chi connectivity index (χ4n) is 4.25. The van der Waals surface area contributed by atoms with Crippen LogP contribution < -0.4 is 10.6 Å². The number of aromatic nitrogens is 2. The highest BCUT2D eigenvalue weighted by molar-refractivity contribution is 7.99. The number of hydrogen-bond acceptors (Lipinski definition) is 5. The Morgan fingerprint density at radius 1 is 1.40 bits per heavy atom. The summed E-state index contributed by atoms with van der Waals surface area (Å²) in [7, 11) is 0. The van der Waals surface area contributed by atoms with Crippen LogP contribution in [-0.2, 0) is 0 Å². The van der Waals surface area contributed by atoms with E-state index in [-0.39, 0.29) is 0 Å². The summed E-state index contributed by atoms with van der Waals surface area (Å²) in [6.07, 6.45) is 3.07. The van der Waals surface area contributed by atoms with Crippen LogP contribution in [0, 0.1) is 17.3 Å². The lowest BCUT2D eigenvalue weighted by molar-refractivity contribution is 0.507. The molecule has 1 saturated heterocycles. The zero-order valence-corrected chi connectivity index (χ0v) is 16.5. The molecular weight excluding hydrogens is 375 g/mol. The van der Waals surface area contributed by atoms with E-state index in [4.69, 9.17) is 28.9 Å². The Morgan fingerprint density at radius 3 is 2.84 bits per heavy atom. The summed E-state index contributed by atoms with van der Waals surface area (Å²) in [5.41, 5.74) is 6.60. The molecule has 2 heterocycles. The molecule has 4 rings (SSSR count). The largest absolute Gasteiger partial charge is 0.381 e. The Kier molecular flexibility index (Phi) is 4.29. The predicted octanol–water partition coefficient (Wildman–Crippen LogP) is 5.00. The van der Waals surface area contributed by atoms with Crippen molar-refractivity contribution in [3.63, 3.8) is 0 Å². The van der Waals surface area contributed by atoms with Crippen LogP contribution in [0.1, 0.15) is 20.3 Å². The number of hydrogen-bond donors (Lipinski definition) is 1. The second-order valence-electron chi connectivity index (χ2n) is 7.08. The summed E-state index contributed by atoms with van der Waals surface area (Å²) < 4.78 is 0. The molecule has 7 heteroatoms. The van der Waals surface area contributed by atoms with E-state index in [1.54, 1.807) is 6.07 Å². The molecule has 0 bridgehead atoms. The third kappa shape index (κ3) is 2.86. The smallest absolute Gasteiger partial charge is 0.158 e. The van der Waals surface area contributed by atoms with Crippen molar-refractivity contribution in [3.05, 3.63) is 34.4 Å². The number of halogens is 2. The molecule has 1 aliphatic carbocycles. The average molecular weight is 395 g/mol. The number of rotatable bonds is 4. The van der Waals surface area contributed by atoms with Crippen molar-refractivity contribution in [1.82, 2.24) is 9.97 Å². The van der Waals surface area contributed by atoms with Gasteiger partial charge in [-0.25, -0.2) is 9.97 Å².